The summed E-state index contributed by atoms with van der Waals surface area (Å²) in [4.78, 5) is 12.5. The average Bonchev–Trinajstić information content (AvgIpc) is 3.22. The Morgan fingerprint density at radius 1 is 1.19 bits per heavy atom. The van der Waals surface area contributed by atoms with Crippen LogP contribution in [-0.2, 0) is 6.42 Å². The molecule has 0 saturated carbocycles. The van der Waals surface area contributed by atoms with Gasteiger partial charge in [-0.2, -0.15) is 0 Å². The molecule has 4 heterocycles. The highest BCUT2D eigenvalue weighted by atomic mass is 15.3. The summed E-state index contributed by atoms with van der Waals surface area (Å²) in [6.45, 7) is 1.94. The van der Waals surface area contributed by atoms with Crippen LogP contribution in [0.1, 0.15) is 24.1 Å². The van der Waals surface area contributed by atoms with Gasteiger partial charge in [0.1, 0.15) is 5.84 Å². The quantitative estimate of drug-likeness (QED) is 0.442. The predicted molar refractivity (Wildman–Crippen MR) is 127 cm³/mol. The van der Waals surface area contributed by atoms with E-state index in [0.717, 1.165) is 48.7 Å². The minimum absolute atomic E-state index is 0.642. The topological polar surface area (TPSA) is 103 Å². The van der Waals surface area contributed by atoms with E-state index in [0.29, 0.717) is 6.42 Å². The lowest BCUT2D eigenvalue weighted by Gasteiger charge is -2.29. The molecule has 2 aliphatic rings. The first kappa shape index (κ1) is 19.5. The van der Waals surface area contributed by atoms with E-state index in [9.17, 15) is 0 Å². The zero-order valence-corrected chi connectivity index (χ0v) is 17.4. The molecule has 0 amide bonds. The third kappa shape index (κ3) is 4.38. The van der Waals surface area contributed by atoms with Crippen LogP contribution in [-0.4, -0.2) is 34.7 Å². The molecule has 5 rings (SSSR count). The zero-order chi connectivity index (χ0) is 21.1. The highest BCUT2D eigenvalue weighted by Gasteiger charge is 2.25. The maximum Gasteiger partial charge on any atom is 0.184 e. The number of fused-ring (bicyclic) bond motifs is 1. The number of H-pyrrole nitrogens is 1. The predicted octanol–water partition coefficient (Wildman–Crippen LogP) is 3.11. The smallest absolute Gasteiger partial charge is 0.184 e. The second-order valence-corrected chi connectivity index (χ2v) is 7.99. The van der Waals surface area contributed by atoms with Gasteiger partial charge in [0.2, 0.25) is 0 Å². The van der Waals surface area contributed by atoms with E-state index >= 15 is 0 Å². The number of nitrogens with zero attached hydrogens (tertiary/aromatic N) is 2. The van der Waals surface area contributed by atoms with E-state index in [2.05, 4.69) is 56.4 Å². The van der Waals surface area contributed by atoms with Crippen LogP contribution < -0.4 is 21.7 Å². The highest BCUT2D eigenvalue weighted by Crippen LogP contribution is 2.30. The second kappa shape index (κ2) is 8.37. The molecule has 0 aliphatic carbocycles. The summed E-state index contributed by atoms with van der Waals surface area (Å²) in [5.41, 5.74) is 12.3. The van der Waals surface area contributed by atoms with Gasteiger partial charge in [0.15, 0.2) is 5.79 Å². The van der Waals surface area contributed by atoms with Crippen molar-refractivity contribution in [1.29, 1.82) is 0 Å². The molecule has 7 heteroatoms. The van der Waals surface area contributed by atoms with Crippen molar-refractivity contribution in [2.45, 2.75) is 25.0 Å². The number of aromatic nitrogens is 2. The molecule has 6 N–H and O–H groups in total. The largest absolute Gasteiger partial charge is 0.361 e. The van der Waals surface area contributed by atoms with E-state index in [1.165, 1.54) is 16.5 Å². The fourth-order valence-electron chi connectivity index (χ4n) is 4.09. The van der Waals surface area contributed by atoms with Crippen LogP contribution in [0.15, 0.2) is 72.1 Å². The van der Waals surface area contributed by atoms with Gasteiger partial charge in [0.25, 0.3) is 0 Å². The van der Waals surface area contributed by atoms with Crippen LogP contribution in [0.5, 0.6) is 0 Å². The Balaban J connectivity index is 1.34. The molecular weight excluding hydrogens is 386 g/mol. The van der Waals surface area contributed by atoms with E-state index < -0.39 is 5.79 Å². The van der Waals surface area contributed by atoms with Gasteiger partial charge in [0.05, 0.1) is 0 Å². The third-order valence-corrected chi connectivity index (χ3v) is 5.75. The van der Waals surface area contributed by atoms with Gasteiger partial charge in [-0.05, 0) is 61.4 Å². The van der Waals surface area contributed by atoms with Crippen LogP contribution in [0.4, 0.5) is 5.69 Å². The fraction of sp³-hybridized carbons (Fsp3) is 0.250. The van der Waals surface area contributed by atoms with E-state index in [4.69, 9.17) is 10.7 Å². The first-order valence-corrected chi connectivity index (χ1v) is 10.7. The fourth-order valence-corrected chi connectivity index (χ4v) is 4.09. The Kier molecular flexibility index (Phi) is 5.28. The van der Waals surface area contributed by atoms with Crippen molar-refractivity contribution in [3.05, 3.63) is 78.4 Å². The second-order valence-electron chi connectivity index (χ2n) is 7.99. The van der Waals surface area contributed by atoms with Gasteiger partial charge in [-0.25, -0.2) is 4.99 Å². The van der Waals surface area contributed by atoms with Crippen molar-refractivity contribution in [2.24, 2.45) is 10.7 Å². The van der Waals surface area contributed by atoms with E-state index in [1.807, 2.05) is 30.5 Å². The number of rotatable bonds is 5. The van der Waals surface area contributed by atoms with Gasteiger partial charge >= 0.3 is 0 Å². The summed E-state index contributed by atoms with van der Waals surface area (Å²) < 4.78 is 0. The normalized spacial score (nSPS) is 20.8. The van der Waals surface area contributed by atoms with Crippen molar-refractivity contribution < 1.29 is 0 Å². The molecule has 158 valence electrons. The summed E-state index contributed by atoms with van der Waals surface area (Å²) in [6, 6.07) is 12.2. The first-order valence-electron chi connectivity index (χ1n) is 10.7. The molecule has 2 aliphatic heterocycles. The number of nitrogens with one attached hydrogen (secondary N) is 4. The Labute approximate surface area is 181 Å². The van der Waals surface area contributed by atoms with Crippen molar-refractivity contribution in [1.82, 2.24) is 20.6 Å². The molecule has 3 aromatic rings. The Morgan fingerprint density at radius 3 is 3.00 bits per heavy atom. The number of aliphatic imine (C=N–C) groups is 1. The Morgan fingerprint density at radius 2 is 2.16 bits per heavy atom. The summed E-state index contributed by atoms with van der Waals surface area (Å²) in [6.07, 6.45) is 12.4. The molecule has 1 aromatic carbocycles. The monoisotopic (exact) mass is 413 g/mol. The number of aryl methyl sites for hydroxylation is 1. The van der Waals surface area contributed by atoms with Crippen LogP contribution in [0.2, 0.25) is 0 Å². The molecule has 2 aromatic heterocycles. The molecule has 0 saturated heterocycles. The van der Waals surface area contributed by atoms with Crippen molar-refractivity contribution in [3.63, 3.8) is 0 Å². The molecule has 0 radical (unpaired) electrons. The van der Waals surface area contributed by atoms with Gasteiger partial charge in [0, 0.05) is 59.4 Å². The molecule has 31 heavy (non-hydrogen) atoms. The van der Waals surface area contributed by atoms with E-state index in [-0.39, 0.29) is 0 Å². The number of pyridine rings is 1. The lowest BCUT2D eigenvalue weighted by Crippen LogP contribution is -2.52. The number of anilines is 1. The van der Waals surface area contributed by atoms with Crippen LogP contribution >= 0.6 is 0 Å². The van der Waals surface area contributed by atoms with E-state index in [1.54, 1.807) is 6.20 Å². The lowest BCUT2D eigenvalue weighted by molar-refractivity contribution is 0.363. The molecule has 1 atom stereocenters. The zero-order valence-electron chi connectivity index (χ0n) is 17.4. The summed E-state index contributed by atoms with van der Waals surface area (Å²) in [5.74, 6) is -0.127. The SMILES string of the molecule is NC1(CCc2ccccn2)N=C(Nc2ccc3[nH]cc(C4=CCNCC4)c3c2)C=CN1. The maximum absolute atomic E-state index is 6.51. The van der Waals surface area contributed by atoms with Crippen molar-refractivity contribution >= 4 is 28.0 Å². The summed E-state index contributed by atoms with van der Waals surface area (Å²) in [7, 11) is 0. The minimum Gasteiger partial charge on any atom is -0.361 e. The molecule has 0 spiro atoms. The van der Waals surface area contributed by atoms with Crippen LogP contribution in [0.3, 0.4) is 0 Å². The lowest BCUT2D eigenvalue weighted by atomic mass is 9.99. The van der Waals surface area contributed by atoms with Gasteiger partial charge in [-0.1, -0.05) is 12.1 Å². The molecule has 1 unspecified atom stereocenters. The number of nitrogens with two attached hydrogens (primary N) is 1. The van der Waals surface area contributed by atoms with Gasteiger partial charge in [-0.15, -0.1) is 0 Å². The minimum atomic E-state index is -0.863. The van der Waals surface area contributed by atoms with Crippen molar-refractivity contribution in [2.75, 3.05) is 18.4 Å². The maximum atomic E-state index is 6.51. The van der Waals surface area contributed by atoms with Crippen molar-refractivity contribution in [3.8, 4) is 0 Å². The molecule has 0 fully saturated rings. The molecule has 0 bridgehead atoms. The number of benzene rings is 1. The van der Waals surface area contributed by atoms with Gasteiger partial charge < -0.3 is 20.9 Å². The number of aromatic amines is 1. The Bertz CT molecular complexity index is 1160. The third-order valence-electron chi connectivity index (χ3n) is 5.75. The van der Waals surface area contributed by atoms with Crippen LogP contribution in [0, 0.1) is 0 Å². The average molecular weight is 414 g/mol. The number of amidine groups is 1. The first-order chi connectivity index (χ1) is 15.2. The standard InChI is InChI=1S/C24H27N7/c25-24(10-6-18-3-1-2-11-27-18)29-14-9-23(31-24)30-19-4-5-22-20(15-19)21(16-28-22)17-7-12-26-13-8-17/h1-5,7,9,11,14-16,26,28-29H,6,8,10,12-13,25H2,(H,30,31). The summed E-state index contributed by atoms with van der Waals surface area (Å²) in [5, 5.41) is 11.2. The highest BCUT2D eigenvalue weighted by molar-refractivity contribution is 6.06. The summed E-state index contributed by atoms with van der Waals surface area (Å²) >= 11 is 0. The number of hydrogen-bond donors (Lipinski definition) is 5. The van der Waals surface area contributed by atoms with Gasteiger partial charge in [-0.3, -0.25) is 10.7 Å². The number of hydrogen-bond acceptors (Lipinski definition) is 6. The Hall–Kier alpha value is -3.42. The van der Waals surface area contributed by atoms with Crippen LogP contribution in [0.25, 0.3) is 16.5 Å². The molecular formula is C24H27N7. The molecule has 7 nitrogen and oxygen atoms in total.